The summed E-state index contributed by atoms with van der Waals surface area (Å²) < 4.78 is 37.5. The van der Waals surface area contributed by atoms with Gasteiger partial charge in [-0.15, -0.1) is 0 Å². The molecule has 3 aromatic carbocycles. The van der Waals surface area contributed by atoms with Gasteiger partial charge in [0.25, 0.3) is 0 Å². The molecule has 1 fully saturated rings. The van der Waals surface area contributed by atoms with Crippen molar-refractivity contribution in [2.24, 2.45) is 5.92 Å². The summed E-state index contributed by atoms with van der Waals surface area (Å²) >= 11 is 0. The first-order valence-corrected chi connectivity index (χ1v) is 15.6. The average molecular weight is 644 g/mol. The number of nitrogens with one attached hydrogen (secondary N) is 1. The first-order valence-electron chi connectivity index (χ1n) is 15.6. The molecule has 5 rings (SSSR count). The van der Waals surface area contributed by atoms with Crippen molar-refractivity contribution in [3.63, 3.8) is 0 Å². The molecule has 0 saturated carbocycles. The van der Waals surface area contributed by atoms with Crippen LogP contribution in [0.4, 0.5) is 26.5 Å². The third-order valence-electron chi connectivity index (χ3n) is 8.61. The van der Waals surface area contributed by atoms with Crippen molar-refractivity contribution in [2.75, 3.05) is 58.2 Å². The third-order valence-corrected chi connectivity index (χ3v) is 8.61. The fourth-order valence-corrected chi connectivity index (χ4v) is 5.60. The molecule has 248 valence electrons. The Balaban J connectivity index is 1.41. The molecule has 0 aliphatic carbocycles. The maximum Gasteiger partial charge on any atom is 0.420 e. The largest absolute Gasteiger partial charge is 0.497 e. The van der Waals surface area contributed by atoms with Crippen LogP contribution < -0.4 is 29.2 Å². The maximum absolute atomic E-state index is 15.2. The summed E-state index contributed by atoms with van der Waals surface area (Å²) in [7, 11) is 6.73. The van der Waals surface area contributed by atoms with E-state index in [0.717, 1.165) is 48.2 Å². The lowest BCUT2D eigenvalue weighted by Crippen LogP contribution is -2.34. The van der Waals surface area contributed by atoms with Crippen LogP contribution in [0.25, 0.3) is 11.3 Å². The fraction of sp³-hybridized carbons (Fsp3) is 0.361. The Morgan fingerprint density at radius 2 is 1.74 bits per heavy atom. The van der Waals surface area contributed by atoms with Gasteiger partial charge >= 0.3 is 6.09 Å². The summed E-state index contributed by atoms with van der Waals surface area (Å²) in [6.07, 6.45) is 1.49. The molecule has 1 unspecified atom stereocenters. The summed E-state index contributed by atoms with van der Waals surface area (Å²) in [5, 5.41) is 3.08. The number of halogens is 1. The van der Waals surface area contributed by atoms with E-state index >= 15 is 4.39 Å². The number of carbonyl (C=O) groups is 1. The first-order chi connectivity index (χ1) is 22.5. The minimum atomic E-state index is -0.690. The van der Waals surface area contributed by atoms with E-state index in [1.54, 1.807) is 43.4 Å². The molecule has 1 aromatic heterocycles. The number of hydrogen-bond acceptors (Lipinski definition) is 9. The van der Waals surface area contributed by atoms with E-state index in [1.807, 2.05) is 32.9 Å². The molecule has 2 heterocycles. The minimum absolute atomic E-state index is 0.0136. The lowest BCUT2D eigenvalue weighted by molar-refractivity contribution is 0.147. The van der Waals surface area contributed by atoms with Gasteiger partial charge in [0, 0.05) is 61.1 Å². The molecule has 1 saturated heterocycles. The number of carbonyl (C=O) groups excluding carboxylic acids is 1. The molecule has 1 amide bonds. The van der Waals surface area contributed by atoms with E-state index in [9.17, 15) is 4.79 Å². The lowest BCUT2D eigenvalue weighted by Gasteiger charge is -2.29. The van der Waals surface area contributed by atoms with Crippen molar-refractivity contribution < 1.29 is 28.1 Å². The van der Waals surface area contributed by atoms with Crippen molar-refractivity contribution in [2.45, 2.75) is 33.6 Å². The van der Waals surface area contributed by atoms with Crippen LogP contribution in [0.5, 0.6) is 23.1 Å². The van der Waals surface area contributed by atoms with Gasteiger partial charge in [-0.05, 0) is 76.0 Å². The highest BCUT2D eigenvalue weighted by Crippen LogP contribution is 2.32. The van der Waals surface area contributed by atoms with Gasteiger partial charge in [-0.3, -0.25) is 4.90 Å². The molecule has 0 spiro atoms. The number of piperidine rings is 1. The number of aryl methyl sites for hydroxylation is 1. The Morgan fingerprint density at radius 1 is 1.00 bits per heavy atom. The number of amides is 1. The van der Waals surface area contributed by atoms with Gasteiger partial charge in [0.2, 0.25) is 11.8 Å². The Labute approximate surface area is 275 Å². The maximum atomic E-state index is 15.2. The van der Waals surface area contributed by atoms with Crippen molar-refractivity contribution in [1.29, 1.82) is 0 Å². The van der Waals surface area contributed by atoms with Crippen LogP contribution in [0.15, 0.2) is 54.6 Å². The van der Waals surface area contributed by atoms with Gasteiger partial charge in [-0.1, -0.05) is 12.1 Å². The van der Waals surface area contributed by atoms with Gasteiger partial charge in [0.15, 0.2) is 11.6 Å². The number of hydrogen-bond donors (Lipinski definition) is 1. The molecule has 4 aromatic rings. The van der Waals surface area contributed by atoms with Gasteiger partial charge in [-0.2, -0.15) is 4.98 Å². The summed E-state index contributed by atoms with van der Waals surface area (Å²) in [5.74, 6) is 1.24. The predicted octanol–water partition coefficient (Wildman–Crippen LogP) is 7.32. The molecule has 47 heavy (non-hydrogen) atoms. The molecular formula is C36H42FN5O5. The van der Waals surface area contributed by atoms with Crippen LogP contribution in [-0.2, 0) is 0 Å². The van der Waals surface area contributed by atoms with E-state index in [4.69, 9.17) is 23.9 Å². The van der Waals surface area contributed by atoms with E-state index in [-0.39, 0.29) is 17.6 Å². The monoisotopic (exact) mass is 643 g/mol. The topological polar surface area (TPSA) is 98.3 Å². The summed E-state index contributed by atoms with van der Waals surface area (Å²) in [6, 6.07) is 15.3. The normalized spacial score (nSPS) is 14.8. The molecule has 0 bridgehead atoms. The highest BCUT2D eigenvalue weighted by Gasteiger charge is 2.21. The minimum Gasteiger partial charge on any atom is -0.497 e. The SMILES string of the molecule is COc1cc(OC)cc(N(C)C(=O)Oc2cc(-c3ccc(C)c(C)c3C)nc(Nc3ccc(OCC4CCCN(C)C4)c(F)c3)n2)c1. The first kappa shape index (κ1) is 33.5. The second-order valence-corrected chi connectivity index (χ2v) is 11.9. The molecule has 1 atom stereocenters. The van der Waals surface area contributed by atoms with Crippen molar-refractivity contribution in [3.8, 4) is 34.4 Å². The van der Waals surface area contributed by atoms with Crippen LogP contribution in [-0.4, -0.2) is 69.0 Å². The molecule has 1 N–H and O–H groups in total. The van der Waals surface area contributed by atoms with Gasteiger partial charge in [0.05, 0.1) is 32.2 Å². The third kappa shape index (κ3) is 8.10. The second-order valence-electron chi connectivity index (χ2n) is 11.9. The van der Waals surface area contributed by atoms with E-state index < -0.39 is 11.9 Å². The van der Waals surface area contributed by atoms with E-state index in [0.29, 0.717) is 41.1 Å². The van der Waals surface area contributed by atoms with Crippen LogP contribution in [0.1, 0.15) is 29.5 Å². The number of nitrogens with zero attached hydrogens (tertiary/aromatic N) is 4. The Kier molecular flexibility index (Phi) is 10.5. The zero-order valence-electron chi connectivity index (χ0n) is 28.0. The number of aromatic nitrogens is 2. The molecular weight excluding hydrogens is 601 g/mol. The number of benzene rings is 3. The van der Waals surface area contributed by atoms with Crippen molar-refractivity contribution >= 4 is 23.4 Å². The zero-order chi connectivity index (χ0) is 33.7. The van der Waals surface area contributed by atoms with Crippen molar-refractivity contribution in [3.05, 3.63) is 77.1 Å². The molecule has 0 radical (unpaired) electrons. The van der Waals surface area contributed by atoms with Crippen LogP contribution in [0.2, 0.25) is 0 Å². The highest BCUT2D eigenvalue weighted by atomic mass is 19.1. The summed E-state index contributed by atoms with van der Waals surface area (Å²) in [5.41, 5.74) is 5.60. The Bertz CT molecular complexity index is 1730. The summed E-state index contributed by atoms with van der Waals surface area (Å²) in [4.78, 5) is 26.1. The average Bonchev–Trinajstić information content (AvgIpc) is 3.06. The highest BCUT2D eigenvalue weighted by molar-refractivity contribution is 5.89. The quantitative estimate of drug-likeness (QED) is 0.191. The van der Waals surface area contributed by atoms with Gasteiger partial charge in [-0.25, -0.2) is 14.2 Å². The van der Waals surface area contributed by atoms with Crippen LogP contribution in [0, 0.1) is 32.5 Å². The fourth-order valence-electron chi connectivity index (χ4n) is 5.60. The Morgan fingerprint density at radius 3 is 2.43 bits per heavy atom. The van der Waals surface area contributed by atoms with E-state index in [1.165, 1.54) is 25.2 Å². The number of anilines is 3. The molecule has 10 nitrogen and oxygen atoms in total. The van der Waals surface area contributed by atoms with Gasteiger partial charge < -0.3 is 29.2 Å². The number of methoxy groups -OCH3 is 2. The standard InChI is InChI=1S/C36H42FN5O5/c1-22-10-12-30(24(3)23(22)2)32-19-34(47-36(43)42(5)27-16-28(44-6)18-29(17-27)45-7)40-35(39-32)38-26-11-13-33(31(37)15-26)46-21-25-9-8-14-41(4)20-25/h10-13,15-19,25H,8-9,14,20-21H2,1-7H3,(H,38,39,40). The molecule has 11 heteroatoms. The smallest absolute Gasteiger partial charge is 0.420 e. The number of likely N-dealkylation sites (tertiary alicyclic amines) is 1. The number of rotatable bonds is 10. The van der Waals surface area contributed by atoms with Crippen LogP contribution >= 0.6 is 0 Å². The summed E-state index contributed by atoms with van der Waals surface area (Å²) in [6.45, 7) is 8.58. The van der Waals surface area contributed by atoms with E-state index in [2.05, 4.69) is 22.2 Å². The molecule has 1 aliphatic heterocycles. The zero-order valence-corrected chi connectivity index (χ0v) is 28.0. The predicted molar refractivity (Wildman–Crippen MR) is 181 cm³/mol. The second kappa shape index (κ2) is 14.7. The van der Waals surface area contributed by atoms with Gasteiger partial charge in [0.1, 0.15) is 11.5 Å². The number of ether oxygens (including phenoxy) is 4. The molecule has 1 aliphatic rings. The van der Waals surface area contributed by atoms with Crippen LogP contribution in [0.3, 0.4) is 0 Å². The Hall–Kier alpha value is -4.90. The van der Waals surface area contributed by atoms with Crippen molar-refractivity contribution in [1.82, 2.24) is 14.9 Å². The lowest BCUT2D eigenvalue weighted by atomic mass is 9.97.